The van der Waals surface area contributed by atoms with Crippen molar-refractivity contribution in [2.45, 2.75) is 12.3 Å². The van der Waals surface area contributed by atoms with Crippen LogP contribution in [0.3, 0.4) is 0 Å². The van der Waals surface area contributed by atoms with Crippen molar-refractivity contribution in [3.05, 3.63) is 41.2 Å². The van der Waals surface area contributed by atoms with Crippen molar-refractivity contribution in [3.8, 4) is 11.7 Å². The third-order valence-corrected chi connectivity index (χ3v) is 3.31. The SMILES string of the molecule is Nc1n[nH]c(-c2nc(C3Cc4ccccc43)no2)n1. The van der Waals surface area contributed by atoms with Crippen LogP contribution in [-0.2, 0) is 6.42 Å². The molecule has 2 heterocycles. The standard InChI is InChI=1S/C12H10N6O/c13-12-15-10(16-17-12)11-14-9(18-19-11)8-5-6-3-1-2-4-7(6)8/h1-4,8H,5H2,(H3,13,15,16,17). The maximum absolute atomic E-state index is 5.44. The zero-order valence-electron chi connectivity index (χ0n) is 9.87. The van der Waals surface area contributed by atoms with E-state index in [1.54, 1.807) is 0 Å². The summed E-state index contributed by atoms with van der Waals surface area (Å²) in [7, 11) is 0. The molecule has 1 aromatic carbocycles. The molecule has 4 rings (SSSR count). The molecule has 7 heteroatoms. The molecule has 0 aliphatic heterocycles. The highest BCUT2D eigenvalue weighted by Gasteiger charge is 2.31. The molecular weight excluding hydrogens is 244 g/mol. The lowest BCUT2D eigenvalue weighted by molar-refractivity contribution is 0.414. The largest absolute Gasteiger partial charge is 0.366 e. The van der Waals surface area contributed by atoms with Crippen LogP contribution in [0.15, 0.2) is 28.8 Å². The van der Waals surface area contributed by atoms with Crippen molar-refractivity contribution < 1.29 is 4.52 Å². The molecule has 19 heavy (non-hydrogen) atoms. The summed E-state index contributed by atoms with van der Waals surface area (Å²) in [5, 5.41) is 10.4. The lowest BCUT2D eigenvalue weighted by Gasteiger charge is -2.26. The molecule has 0 amide bonds. The molecule has 0 spiro atoms. The van der Waals surface area contributed by atoms with Crippen LogP contribution in [0.2, 0.25) is 0 Å². The Morgan fingerprint density at radius 3 is 2.95 bits per heavy atom. The van der Waals surface area contributed by atoms with Crippen molar-refractivity contribution in [1.29, 1.82) is 0 Å². The number of nitrogens with one attached hydrogen (secondary N) is 1. The highest BCUT2D eigenvalue weighted by Crippen LogP contribution is 2.38. The van der Waals surface area contributed by atoms with E-state index in [9.17, 15) is 0 Å². The van der Waals surface area contributed by atoms with Crippen molar-refractivity contribution in [1.82, 2.24) is 25.3 Å². The Labute approximate surface area is 107 Å². The number of nitrogens with two attached hydrogens (primary N) is 1. The Morgan fingerprint density at radius 2 is 2.16 bits per heavy atom. The fourth-order valence-electron chi connectivity index (χ4n) is 2.33. The Balaban J connectivity index is 1.67. The number of hydrogen-bond acceptors (Lipinski definition) is 6. The molecule has 1 aliphatic carbocycles. The Bertz CT molecular complexity index is 746. The second-order valence-corrected chi connectivity index (χ2v) is 4.46. The van der Waals surface area contributed by atoms with Crippen LogP contribution < -0.4 is 5.73 Å². The molecule has 0 bridgehead atoms. The molecule has 1 atom stereocenters. The lowest BCUT2D eigenvalue weighted by Crippen LogP contribution is -2.19. The van der Waals surface area contributed by atoms with Crippen molar-refractivity contribution in [2.24, 2.45) is 0 Å². The van der Waals surface area contributed by atoms with Crippen LogP contribution in [0.25, 0.3) is 11.7 Å². The van der Waals surface area contributed by atoms with Gasteiger partial charge in [0.25, 0.3) is 5.89 Å². The van der Waals surface area contributed by atoms with Gasteiger partial charge in [0.05, 0.1) is 5.92 Å². The minimum atomic E-state index is 0.156. The maximum Gasteiger partial charge on any atom is 0.295 e. The van der Waals surface area contributed by atoms with E-state index < -0.39 is 0 Å². The zero-order valence-corrected chi connectivity index (χ0v) is 9.87. The van der Waals surface area contributed by atoms with Crippen LogP contribution in [0.5, 0.6) is 0 Å². The number of H-pyrrole nitrogens is 1. The van der Waals surface area contributed by atoms with E-state index in [4.69, 9.17) is 10.3 Å². The second kappa shape index (κ2) is 3.64. The molecule has 0 saturated heterocycles. The highest BCUT2D eigenvalue weighted by molar-refractivity contribution is 5.46. The molecule has 94 valence electrons. The maximum atomic E-state index is 5.44. The van der Waals surface area contributed by atoms with Gasteiger partial charge < -0.3 is 10.3 Å². The van der Waals surface area contributed by atoms with Gasteiger partial charge >= 0.3 is 0 Å². The molecular formula is C12H10N6O. The summed E-state index contributed by atoms with van der Waals surface area (Å²) in [6.07, 6.45) is 0.938. The number of rotatable bonds is 2. The first-order valence-corrected chi connectivity index (χ1v) is 5.91. The number of anilines is 1. The van der Waals surface area contributed by atoms with Gasteiger partial charge in [-0.25, -0.2) is 0 Å². The normalized spacial score (nSPS) is 16.9. The zero-order chi connectivity index (χ0) is 12.8. The van der Waals surface area contributed by atoms with Crippen LogP contribution >= 0.6 is 0 Å². The first kappa shape index (κ1) is 10.2. The van der Waals surface area contributed by atoms with E-state index in [-0.39, 0.29) is 11.9 Å². The minimum absolute atomic E-state index is 0.156. The molecule has 1 unspecified atom stereocenters. The van der Waals surface area contributed by atoms with E-state index in [0.29, 0.717) is 17.5 Å². The van der Waals surface area contributed by atoms with Gasteiger partial charge in [-0.1, -0.05) is 29.4 Å². The number of fused-ring (bicyclic) bond motifs is 1. The second-order valence-electron chi connectivity index (χ2n) is 4.46. The predicted octanol–water partition coefficient (Wildman–Crippen LogP) is 1.12. The van der Waals surface area contributed by atoms with Crippen molar-refractivity contribution >= 4 is 5.95 Å². The summed E-state index contributed by atoms with van der Waals surface area (Å²) in [4.78, 5) is 8.30. The Kier molecular flexibility index (Phi) is 1.96. The first-order chi connectivity index (χ1) is 9.31. The highest BCUT2D eigenvalue weighted by atomic mass is 16.5. The lowest BCUT2D eigenvalue weighted by atomic mass is 9.77. The summed E-state index contributed by atoms with van der Waals surface area (Å²) in [6.45, 7) is 0. The van der Waals surface area contributed by atoms with Gasteiger partial charge in [0.1, 0.15) is 0 Å². The molecule has 3 aromatic rings. The third kappa shape index (κ3) is 1.51. The number of hydrogen-bond donors (Lipinski definition) is 2. The number of benzene rings is 1. The Hall–Kier alpha value is -2.70. The van der Waals surface area contributed by atoms with Gasteiger partial charge in [0, 0.05) is 0 Å². The van der Waals surface area contributed by atoms with Gasteiger partial charge in [-0.3, -0.25) is 5.10 Å². The van der Waals surface area contributed by atoms with E-state index in [1.807, 2.05) is 12.1 Å². The number of aromatic nitrogens is 5. The summed E-state index contributed by atoms with van der Waals surface area (Å²) in [5.41, 5.74) is 8.03. The van der Waals surface area contributed by atoms with E-state index in [1.165, 1.54) is 11.1 Å². The summed E-state index contributed by atoms with van der Waals surface area (Å²) < 4.78 is 5.19. The smallest absolute Gasteiger partial charge is 0.295 e. The third-order valence-electron chi connectivity index (χ3n) is 3.31. The number of nitrogens with zero attached hydrogens (tertiary/aromatic N) is 4. The summed E-state index contributed by atoms with van der Waals surface area (Å²) in [5.74, 6) is 1.73. The Morgan fingerprint density at radius 1 is 1.26 bits per heavy atom. The van der Waals surface area contributed by atoms with Crippen molar-refractivity contribution in [3.63, 3.8) is 0 Å². The van der Waals surface area contributed by atoms with E-state index in [0.717, 1.165) is 6.42 Å². The average molecular weight is 254 g/mol. The quantitative estimate of drug-likeness (QED) is 0.709. The van der Waals surface area contributed by atoms with Gasteiger partial charge in [-0.05, 0) is 17.5 Å². The fourth-order valence-corrected chi connectivity index (χ4v) is 2.33. The van der Waals surface area contributed by atoms with Gasteiger partial charge in [0.2, 0.25) is 11.8 Å². The fraction of sp³-hybridized carbons (Fsp3) is 0.167. The van der Waals surface area contributed by atoms with Crippen LogP contribution in [0.4, 0.5) is 5.95 Å². The molecule has 0 radical (unpaired) electrons. The number of nitrogen functional groups attached to an aromatic ring is 1. The molecule has 0 fully saturated rings. The van der Waals surface area contributed by atoms with Gasteiger partial charge in [-0.2, -0.15) is 9.97 Å². The number of aromatic amines is 1. The van der Waals surface area contributed by atoms with E-state index >= 15 is 0 Å². The van der Waals surface area contributed by atoms with Crippen LogP contribution in [0, 0.1) is 0 Å². The van der Waals surface area contributed by atoms with E-state index in [2.05, 4.69) is 37.5 Å². The summed E-state index contributed by atoms with van der Waals surface area (Å²) >= 11 is 0. The predicted molar refractivity (Wildman–Crippen MR) is 66.1 cm³/mol. The van der Waals surface area contributed by atoms with Crippen LogP contribution in [0.1, 0.15) is 22.9 Å². The molecule has 7 nitrogen and oxygen atoms in total. The minimum Gasteiger partial charge on any atom is -0.366 e. The molecule has 3 N–H and O–H groups in total. The van der Waals surface area contributed by atoms with Gasteiger partial charge in [-0.15, -0.1) is 5.10 Å². The topological polar surface area (TPSA) is 107 Å². The van der Waals surface area contributed by atoms with Crippen molar-refractivity contribution in [2.75, 3.05) is 5.73 Å². The molecule has 0 saturated carbocycles. The summed E-state index contributed by atoms with van der Waals surface area (Å²) in [6, 6.07) is 8.26. The molecule has 1 aliphatic rings. The van der Waals surface area contributed by atoms with Crippen LogP contribution in [-0.4, -0.2) is 25.3 Å². The first-order valence-electron chi connectivity index (χ1n) is 5.91. The molecule has 2 aromatic heterocycles. The monoisotopic (exact) mass is 254 g/mol. The van der Waals surface area contributed by atoms with Gasteiger partial charge in [0.15, 0.2) is 5.82 Å². The average Bonchev–Trinajstić information content (AvgIpc) is 3.00.